The van der Waals surface area contributed by atoms with Gasteiger partial charge < -0.3 is 5.11 Å². The highest BCUT2D eigenvalue weighted by atomic mass is 16.3. The molecule has 0 amide bonds. The smallest absolute Gasteiger partial charge is 0.272 e. The zero-order valence-corrected chi connectivity index (χ0v) is 11.3. The predicted octanol–water partition coefficient (Wildman–Crippen LogP) is 2.91. The molecule has 4 nitrogen and oxygen atoms in total. The Bertz CT molecular complexity index is 866. The second-order valence-electron chi connectivity index (χ2n) is 4.83. The molecule has 0 spiro atoms. The van der Waals surface area contributed by atoms with Crippen LogP contribution in [-0.4, -0.2) is 15.3 Å². The number of phenols is 1. The first-order valence-electron chi connectivity index (χ1n) is 6.36. The van der Waals surface area contributed by atoms with Gasteiger partial charge in [0.25, 0.3) is 5.56 Å². The Labute approximate surface area is 115 Å². The lowest BCUT2D eigenvalue weighted by Crippen LogP contribution is -2.09. The molecule has 0 saturated carbocycles. The highest BCUT2D eigenvalue weighted by Gasteiger charge is 2.12. The van der Waals surface area contributed by atoms with Crippen molar-refractivity contribution >= 4 is 10.8 Å². The van der Waals surface area contributed by atoms with Crippen LogP contribution < -0.4 is 5.56 Å². The van der Waals surface area contributed by atoms with Crippen LogP contribution in [0.1, 0.15) is 11.1 Å². The van der Waals surface area contributed by atoms with Crippen molar-refractivity contribution in [3.63, 3.8) is 0 Å². The number of rotatable bonds is 1. The fourth-order valence-electron chi connectivity index (χ4n) is 2.38. The summed E-state index contributed by atoms with van der Waals surface area (Å²) in [5.41, 5.74) is 3.21. The van der Waals surface area contributed by atoms with E-state index in [0.29, 0.717) is 5.39 Å². The van der Waals surface area contributed by atoms with Gasteiger partial charge in [-0.25, -0.2) is 5.10 Å². The fraction of sp³-hybridized carbons (Fsp3) is 0.125. The maximum atomic E-state index is 11.8. The summed E-state index contributed by atoms with van der Waals surface area (Å²) in [6, 6.07) is 10.9. The van der Waals surface area contributed by atoms with Crippen molar-refractivity contribution in [3.05, 3.63) is 57.9 Å². The minimum absolute atomic E-state index is 0.197. The molecule has 4 heteroatoms. The van der Waals surface area contributed by atoms with Crippen molar-refractivity contribution in [1.82, 2.24) is 10.2 Å². The average molecular weight is 266 g/mol. The zero-order valence-electron chi connectivity index (χ0n) is 11.3. The number of phenolic OH excluding ortho intramolecular Hbond substituents is 1. The lowest BCUT2D eigenvalue weighted by molar-refractivity contribution is 0.470. The van der Waals surface area contributed by atoms with Crippen LogP contribution in [0, 0.1) is 13.8 Å². The summed E-state index contributed by atoms with van der Waals surface area (Å²) in [7, 11) is 0. The molecule has 2 aromatic carbocycles. The number of benzene rings is 2. The molecule has 0 radical (unpaired) electrons. The van der Waals surface area contributed by atoms with E-state index in [0.717, 1.165) is 27.8 Å². The second kappa shape index (κ2) is 4.49. The van der Waals surface area contributed by atoms with Crippen LogP contribution >= 0.6 is 0 Å². The third kappa shape index (κ3) is 1.77. The van der Waals surface area contributed by atoms with Gasteiger partial charge in [0.1, 0.15) is 5.75 Å². The van der Waals surface area contributed by atoms with Crippen molar-refractivity contribution in [2.45, 2.75) is 13.8 Å². The quantitative estimate of drug-likeness (QED) is 0.711. The Morgan fingerprint density at radius 1 is 1.00 bits per heavy atom. The summed E-state index contributed by atoms with van der Waals surface area (Å²) in [5, 5.41) is 17.9. The molecule has 0 aliphatic rings. The number of hydrogen-bond donors (Lipinski definition) is 2. The highest BCUT2D eigenvalue weighted by molar-refractivity contribution is 5.94. The Morgan fingerprint density at radius 2 is 1.70 bits per heavy atom. The molecule has 2 N–H and O–H groups in total. The van der Waals surface area contributed by atoms with Crippen LogP contribution in [0.15, 0.2) is 41.2 Å². The molecule has 20 heavy (non-hydrogen) atoms. The van der Waals surface area contributed by atoms with Gasteiger partial charge in [0, 0.05) is 10.9 Å². The molecule has 0 saturated heterocycles. The summed E-state index contributed by atoms with van der Waals surface area (Å²) < 4.78 is 0. The van der Waals surface area contributed by atoms with Gasteiger partial charge in [-0.1, -0.05) is 18.2 Å². The van der Waals surface area contributed by atoms with Crippen molar-refractivity contribution in [2.24, 2.45) is 0 Å². The van der Waals surface area contributed by atoms with E-state index in [-0.39, 0.29) is 11.3 Å². The average Bonchev–Trinajstić information content (AvgIpc) is 2.47. The van der Waals surface area contributed by atoms with Crippen LogP contribution in [-0.2, 0) is 0 Å². The standard InChI is InChI=1S/C16H14N2O2/c1-9-10(2)14(19)8-7-11(9)15-12-5-3-4-6-13(12)16(20)18-17-15/h3-8,19H,1-2H3,(H,18,20). The fourth-order valence-corrected chi connectivity index (χ4v) is 2.38. The van der Waals surface area contributed by atoms with Gasteiger partial charge in [0.2, 0.25) is 0 Å². The topological polar surface area (TPSA) is 66.0 Å². The number of nitrogens with one attached hydrogen (secondary N) is 1. The van der Waals surface area contributed by atoms with E-state index < -0.39 is 0 Å². The highest BCUT2D eigenvalue weighted by Crippen LogP contribution is 2.32. The minimum atomic E-state index is -0.197. The minimum Gasteiger partial charge on any atom is -0.508 e. The Morgan fingerprint density at radius 3 is 2.45 bits per heavy atom. The number of aromatic nitrogens is 2. The largest absolute Gasteiger partial charge is 0.508 e. The molecular formula is C16H14N2O2. The Hall–Kier alpha value is -2.62. The number of fused-ring (bicyclic) bond motifs is 1. The predicted molar refractivity (Wildman–Crippen MR) is 78.9 cm³/mol. The lowest BCUT2D eigenvalue weighted by Gasteiger charge is -2.11. The monoisotopic (exact) mass is 266 g/mol. The van der Waals surface area contributed by atoms with Crippen molar-refractivity contribution in [1.29, 1.82) is 0 Å². The number of hydrogen-bond acceptors (Lipinski definition) is 3. The van der Waals surface area contributed by atoms with E-state index in [2.05, 4.69) is 10.2 Å². The molecule has 0 unspecified atom stereocenters. The van der Waals surface area contributed by atoms with Crippen LogP contribution in [0.5, 0.6) is 5.75 Å². The molecule has 0 bridgehead atoms. The summed E-state index contributed by atoms with van der Waals surface area (Å²) in [5.74, 6) is 0.264. The summed E-state index contributed by atoms with van der Waals surface area (Å²) >= 11 is 0. The van der Waals surface area contributed by atoms with Gasteiger partial charge in [0.15, 0.2) is 0 Å². The van der Waals surface area contributed by atoms with Gasteiger partial charge in [-0.3, -0.25) is 4.79 Å². The maximum Gasteiger partial charge on any atom is 0.272 e. The Balaban J connectivity index is 2.39. The van der Waals surface area contributed by atoms with Gasteiger partial charge in [-0.2, -0.15) is 5.10 Å². The van der Waals surface area contributed by atoms with E-state index >= 15 is 0 Å². The molecule has 1 aromatic heterocycles. The molecular weight excluding hydrogens is 252 g/mol. The molecule has 1 heterocycles. The number of aromatic amines is 1. The van der Waals surface area contributed by atoms with Gasteiger partial charge in [0.05, 0.1) is 11.1 Å². The number of aromatic hydroxyl groups is 1. The molecule has 0 atom stereocenters. The molecule has 3 rings (SSSR count). The molecule has 0 fully saturated rings. The van der Waals surface area contributed by atoms with E-state index in [1.165, 1.54) is 0 Å². The molecule has 0 aliphatic carbocycles. The van der Waals surface area contributed by atoms with E-state index in [1.807, 2.05) is 38.1 Å². The van der Waals surface area contributed by atoms with Gasteiger partial charge in [-0.15, -0.1) is 0 Å². The second-order valence-corrected chi connectivity index (χ2v) is 4.83. The van der Waals surface area contributed by atoms with Crippen molar-refractivity contribution < 1.29 is 5.11 Å². The maximum absolute atomic E-state index is 11.8. The Kier molecular flexibility index (Phi) is 2.79. The molecule has 0 aliphatic heterocycles. The summed E-state index contributed by atoms with van der Waals surface area (Å²) in [4.78, 5) is 11.8. The SMILES string of the molecule is Cc1c(O)ccc(-c2n[nH]c(=O)c3ccccc23)c1C. The lowest BCUT2D eigenvalue weighted by atomic mass is 9.97. The number of nitrogens with zero attached hydrogens (tertiary/aromatic N) is 1. The van der Waals surface area contributed by atoms with Crippen LogP contribution in [0.2, 0.25) is 0 Å². The number of H-pyrrole nitrogens is 1. The van der Waals surface area contributed by atoms with Crippen molar-refractivity contribution in [3.8, 4) is 17.0 Å². The van der Waals surface area contributed by atoms with Crippen LogP contribution in [0.4, 0.5) is 0 Å². The van der Waals surface area contributed by atoms with Crippen molar-refractivity contribution in [2.75, 3.05) is 0 Å². The first kappa shape index (κ1) is 12.4. The van der Waals surface area contributed by atoms with E-state index in [9.17, 15) is 9.90 Å². The van der Waals surface area contributed by atoms with Crippen LogP contribution in [0.3, 0.4) is 0 Å². The molecule has 100 valence electrons. The van der Waals surface area contributed by atoms with Gasteiger partial charge in [-0.05, 0) is 43.2 Å². The first-order valence-corrected chi connectivity index (χ1v) is 6.36. The van der Waals surface area contributed by atoms with E-state index in [1.54, 1.807) is 12.1 Å². The van der Waals surface area contributed by atoms with E-state index in [4.69, 9.17) is 0 Å². The van der Waals surface area contributed by atoms with Gasteiger partial charge >= 0.3 is 0 Å². The third-order valence-electron chi connectivity index (χ3n) is 3.71. The summed E-state index contributed by atoms with van der Waals surface area (Å²) in [6.07, 6.45) is 0. The third-order valence-corrected chi connectivity index (χ3v) is 3.71. The summed E-state index contributed by atoms with van der Waals surface area (Å²) in [6.45, 7) is 3.80. The first-order chi connectivity index (χ1) is 9.59. The normalized spacial score (nSPS) is 10.9. The van der Waals surface area contributed by atoms with Crippen LogP contribution in [0.25, 0.3) is 22.0 Å². The molecule has 3 aromatic rings. The zero-order chi connectivity index (χ0) is 14.3.